The topological polar surface area (TPSA) is 17.8 Å². The molecule has 0 aliphatic rings. The minimum absolute atomic E-state index is 0.0247. The Kier molecular flexibility index (Phi) is 5.31. The van der Waals surface area contributed by atoms with Gasteiger partial charge in [-0.3, -0.25) is 4.98 Å². The first-order valence-corrected chi connectivity index (χ1v) is 10.2. The van der Waals surface area contributed by atoms with E-state index in [9.17, 15) is 0 Å². The first kappa shape index (κ1) is 20.4. The molecule has 3 heteroatoms. The molecule has 0 aliphatic carbocycles. The third kappa shape index (κ3) is 3.67. The van der Waals surface area contributed by atoms with Gasteiger partial charge in [-0.15, -0.1) is 0 Å². The van der Waals surface area contributed by atoms with Crippen LogP contribution in [0.25, 0.3) is 0 Å². The van der Waals surface area contributed by atoms with Crippen LogP contribution < -0.4 is 16.6 Å². The summed E-state index contributed by atoms with van der Waals surface area (Å²) in [4.78, 5) is 4.91. The molecule has 0 N–H and O–H groups in total. The highest BCUT2D eigenvalue weighted by Crippen LogP contribution is 2.16. The number of hydrogen-bond acceptors (Lipinski definition) is 1. The van der Waals surface area contributed by atoms with E-state index in [0.717, 1.165) is 5.72 Å². The number of imidazole rings is 1. The van der Waals surface area contributed by atoms with E-state index in [2.05, 4.69) is 97.3 Å². The smallest absolute Gasteiger partial charge is 0.288 e. The van der Waals surface area contributed by atoms with Crippen LogP contribution in [0.2, 0.25) is 0 Å². The number of aryl methyl sites for hydroxylation is 6. The van der Waals surface area contributed by atoms with Crippen molar-refractivity contribution in [3.05, 3.63) is 70.0 Å². The van der Waals surface area contributed by atoms with E-state index < -0.39 is 0 Å². The van der Waals surface area contributed by atoms with Crippen LogP contribution in [-0.4, -0.2) is 16.3 Å². The van der Waals surface area contributed by atoms with Crippen molar-refractivity contribution >= 4 is 23.4 Å². The normalized spacial score (nSPS) is 11.8. The molecule has 0 saturated carbocycles. The van der Waals surface area contributed by atoms with Crippen LogP contribution in [0.3, 0.4) is 0 Å². The van der Waals surface area contributed by atoms with Gasteiger partial charge in [-0.1, -0.05) is 68.6 Å². The Labute approximate surface area is 171 Å². The van der Waals surface area contributed by atoms with Crippen LogP contribution in [0.15, 0.2) is 36.7 Å². The van der Waals surface area contributed by atoms with Crippen molar-refractivity contribution < 1.29 is 0 Å². The molecule has 2 aromatic carbocycles. The minimum atomic E-state index is -0.0247. The molecule has 0 unspecified atom stereocenters. The molecule has 1 heterocycles. The first-order chi connectivity index (χ1) is 13.0. The third-order valence-electron chi connectivity index (χ3n) is 5.70. The summed E-state index contributed by atoms with van der Waals surface area (Å²) in [5.41, 5.74) is 11.9. The summed E-state index contributed by atoms with van der Waals surface area (Å²) in [6, 6.07) is 9.22. The van der Waals surface area contributed by atoms with Gasteiger partial charge in [0.05, 0.1) is 5.72 Å². The van der Waals surface area contributed by atoms with E-state index in [0.29, 0.717) is 0 Å². The number of benzene rings is 2. The number of aromatic nitrogens is 2. The lowest BCUT2D eigenvalue weighted by atomic mass is 9.36. The van der Waals surface area contributed by atoms with Gasteiger partial charge in [-0.2, -0.15) is 0 Å². The fraction of sp³-hybridized carbons (Fsp3) is 0.400. The molecule has 0 aliphatic heterocycles. The highest BCUT2D eigenvalue weighted by atomic mass is 15.1. The van der Waals surface area contributed by atoms with Crippen LogP contribution >= 0.6 is 0 Å². The van der Waals surface area contributed by atoms with Gasteiger partial charge in [-0.25, -0.2) is 0 Å². The monoisotopic (exact) mass is 372 g/mol. The number of nitrogens with zero attached hydrogens (tertiary/aromatic N) is 2. The van der Waals surface area contributed by atoms with Gasteiger partial charge in [0.15, 0.2) is 0 Å². The summed E-state index contributed by atoms with van der Waals surface area (Å²) in [5.74, 6) is 0. The molecule has 0 atom stereocenters. The number of hydrogen-bond donors (Lipinski definition) is 0. The average molecular weight is 372 g/mol. The van der Waals surface area contributed by atoms with Crippen molar-refractivity contribution in [2.75, 3.05) is 0 Å². The van der Waals surface area contributed by atoms with Gasteiger partial charge in [0.25, 0.3) is 6.71 Å². The molecule has 2 nitrogen and oxygen atoms in total. The maximum Gasteiger partial charge on any atom is 0.288 e. The standard InChI is InChI=1S/C25H33BN2/c1-16-12-18(3)22(19(4)13-16)26(23-20(5)14-17(2)15-21(23)6)24-27-10-11-28(24)25(7,8)9/h10-15H,1-9H3. The van der Waals surface area contributed by atoms with Gasteiger partial charge < -0.3 is 4.57 Å². The van der Waals surface area contributed by atoms with Crippen LogP contribution in [0.4, 0.5) is 0 Å². The second-order valence-corrected chi connectivity index (χ2v) is 9.38. The summed E-state index contributed by atoms with van der Waals surface area (Å²) in [6.45, 7) is 20.2. The molecule has 146 valence electrons. The zero-order valence-corrected chi connectivity index (χ0v) is 18.9. The van der Waals surface area contributed by atoms with Crippen LogP contribution in [0.1, 0.15) is 54.2 Å². The molecule has 0 fully saturated rings. The van der Waals surface area contributed by atoms with E-state index in [1.165, 1.54) is 44.3 Å². The Morgan fingerprint density at radius 2 is 1.11 bits per heavy atom. The SMILES string of the molecule is Cc1cc(C)c(B(c2c(C)cc(C)cc2C)c2nccn2C(C)(C)C)c(C)c1. The molecular formula is C25H33BN2. The molecule has 3 aromatic rings. The van der Waals surface area contributed by atoms with Gasteiger partial charge in [0.1, 0.15) is 0 Å². The molecule has 0 saturated heterocycles. The second-order valence-electron chi connectivity index (χ2n) is 9.38. The summed E-state index contributed by atoms with van der Waals surface area (Å²) >= 11 is 0. The molecule has 1 aromatic heterocycles. The van der Waals surface area contributed by atoms with Crippen molar-refractivity contribution in [3.8, 4) is 0 Å². The maximum atomic E-state index is 4.91. The van der Waals surface area contributed by atoms with E-state index in [1.807, 2.05) is 6.20 Å². The van der Waals surface area contributed by atoms with Crippen molar-refractivity contribution in [1.82, 2.24) is 9.55 Å². The molecule has 0 radical (unpaired) electrons. The lowest BCUT2D eigenvalue weighted by Crippen LogP contribution is -2.60. The summed E-state index contributed by atoms with van der Waals surface area (Å²) < 4.78 is 2.34. The molecular weight excluding hydrogens is 339 g/mol. The van der Waals surface area contributed by atoms with Crippen molar-refractivity contribution in [3.63, 3.8) is 0 Å². The molecule has 0 spiro atoms. The van der Waals surface area contributed by atoms with Crippen molar-refractivity contribution in [2.45, 2.75) is 67.9 Å². The predicted molar refractivity (Wildman–Crippen MR) is 123 cm³/mol. The first-order valence-electron chi connectivity index (χ1n) is 10.2. The van der Waals surface area contributed by atoms with Crippen LogP contribution in [0, 0.1) is 41.5 Å². The Hall–Kier alpha value is -2.29. The Morgan fingerprint density at radius 1 is 0.714 bits per heavy atom. The van der Waals surface area contributed by atoms with E-state index in [-0.39, 0.29) is 12.3 Å². The van der Waals surface area contributed by atoms with Gasteiger partial charge in [0, 0.05) is 17.9 Å². The second kappa shape index (κ2) is 7.27. The lowest BCUT2D eigenvalue weighted by molar-refractivity contribution is 0.405. The Balaban J connectivity index is 2.40. The Morgan fingerprint density at radius 3 is 1.46 bits per heavy atom. The van der Waals surface area contributed by atoms with Crippen LogP contribution in [0.5, 0.6) is 0 Å². The summed E-state index contributed by atoms with van der Waals surface area (Å²) in [6.07, 6.45) is 4.07. The van der Waals surface area contributed by atoms with Gasteiger partial charge >= 0.3 is 0 Å². The fourth-order valence-corrected chi connectivity index (χ4v) is 4.79. The van der Waals surface area contributed by atoms with Gasteiger partial charge in [-0.05, 0) is 62.3 Å². The predicted octanol–water partition coefficient (Wildman–Crippen LogP) is 4.00. The fourth-order valence-electron chi connectivity index (χ4n) is 4.79. The van der Waals surface area contributed by atoms with Crippen molar-refractivity contribution in [1.29, 1.82) is 0 Å². The summed E-state index contributed by atoms with van der Waals surface area (Å²) in [7, 11) is 0. The largest absolute Gasteiger partial charge is 0.337 e. The van der Waals surface area contributed by atoms with Crippen molar-refractivity contribution in [2.24, 2.45) is 0 Å². The third-order valence-corrected chi connectivity index (χ3v) is 5.70. The average Bonchev–Trinajstić information content (AvgIpc) is 3.00. The van der Waals surface area contributed by atoms with E-state index >= 15 is 0 Å². The zero-order chi connectivity index (χ0) is 20.8. The van der Waals surface area contributed by atoms with E-state index in [4.69, 9.17) is 4.98 Å². The zero-order valence-electron chi connectivity index (χ0n) is 18.9. The number of rotatable bonds is 3. The summed E-state index contributed by atoms with van der Waals surface area (Å²) in [5, 5.41) is 0. The van der Waals surface area contributed by atoms with Gasteiger partial charge in [0.2, 0.25) is 0 Å². The molecule has 28 heavy (non-hydrogen) atoms. The highest BCUT2D eigenvalue weighted by Gasteiger charge is 2.34. The quantitative estimate of drug-likeness (QED) is 0.636. The molecule has 0 bridgehead atoms. The molecule has 3 rings (SSSR count). The maximum absolute atomic E-state index is 4.91. The van der Waals surface area contributed by atoms with Crippen LogP contribution in [-0.2, 0) is 5.54 Å². The highest BCUT2D eigenvalue weighted by molar-refractivity contribution is 6.95. The lowest BCUT2D eigenvalue weighted by Gasteiger charge is -2.29. The Bertz CT molecular complexity index is 918. The molecule has 0 amide bonds. The van der Waals surface area contributed by atoms with E-state index in [1.54, 1.807) is 0 Å². The minimum Gasteiger partial charge on any atom is -0.337 e.